The molecule has 8 nitrogen and oxygen atoms in total. The van der Waals surface area contributed by atoms with Gasteiger partial charge in [0.2, 0.25) is 21.8 Å². The zero-order valence-electron chi connectivity index (χ0n) is 23.8. The largest absolute Gasteiger partial charge is 0.497 e. The third-order valence-corrected chi connectivity index (χ3v) is 7.76. The van der Waals surface area contributed by atoms with Crippen LogP contribution in [0.2, 0.25) is 0 Å². The highest BCUT2D eigenvalue weighted by Gasteiger charge is 2.29. The predicted octanol–water partition coefficient (Wildman–Crippen LogP) is 4.44. The molecule has 2 amide bonds. The monoisotopic (exact) mass is 545 g/mol. The second-order valence-electron chi connectivity index (χ2n) is 10.1. The van der Waals surface area contributed by atoms with E-state index in [2.05, 4.69) is 5.32 Å². The van der Waals surface area contributed by atoms with E-state index in [4.69, 9.17) is 4.74 Å². The molecule has 0 saturated carbocycles. The lowest BCUT2D eigenvalue weighted by Crippen LogP contribution is -2.49. The van der Waals surface area contributed by atoms with Crippen LogP contribution in [-0.4, -0.2) is 57.6 Å². The van der Waals surface area contributed by atoms with Gasteiger partial charge in [0.05, 0.1) is 19.1 Å². The standard InChI is InChI=1S/C29H43N3O5S/c1-8-26(29(34)30-19-21(2)3)31(20-24-14-16-25(37-6)17-15-24)28(33)13-10-18-32(38(7,35)36)27-12-9-11-22(4)23(27)5/h9,11-12,14-17,21,26H,8,10,13,18-20H2,1-7H3,(H,30,34)/t26-/m0/s1. The van der Waals surface area contributed by atoms with Crippen molar-refractivity contribution in [3.8, 4) is 5.75 Å². The minimum absolute atomic E-state index is 0.112. The third kappa shape index (κ3) is 8.75. The van der Waals surface area contributed by atoms with Crippen molar-refractivity contribution in [2.45, 2.75) is 66.5 Å². The Balaban J connectivity index is 2.25. The van der Waals surface area contributed by atoms with Gasteiger partial charge in [0, 0.05) is 26.1 Å². The molecule has 0 spiro atoms. The van der Waals surface area contributed by atoms with Crippen molar-refractivity contribution < 1.29 is 22.7 Å². The number of nitrogens with zero attached hydrogens (tertiary/aromatic N) is 2. The van der Waals surface area contributed by atoms with Gasteiger partial charge >= 0.3 is 0 Å². The first-order valence-electron chi connectivity index (χ1n) is 13.1. The summed E-state index contributed by atoms with van der Waals surface area (Å²) in [6.45, 7) is 10.7. The van der Waals surface area contributed by atoms with Crippen LogP contribution in [0.15, 0.2) is 42.5 Å². The van der Waals surface area contributed by atoms with Gasteiger partial charge in [0.25, 0.3) is 0 Å². The molecule has 0 unspecified atom stereocenters. The number of ether oxygens (including phenoxy) is 1. The molecule has 2 aromatic rings. The molecule has 0 aliphatic carbocycles. The minimum Gasteiger partial charge on any atom is -0.497 e. The maximum atomic E-state index is 13.6. The van der Waals surface area contributed by atoms with Gasteiger partial charge < -0.3 is 15.0 Å². The molecule has 0 aromatic heterocycles. The second kappa shape index (κ2) is 14.2. The highest BCUT2D eigenvalue weighted by Crippen LogP contribution is 2.26. The van der Waals surface area contributed by atoms with Crippen LogP contribution in [0.4, 0.5) is 5.69 Å². The number of rotatable bonds is 14. The summed E-state index contributed by atoms with van der Waals surface area (Å²) in [7, 11) is -1.96. The van der Waals surface area contributed by atoms with Gasteiger partial charge in [-0.25, -0.2) is 8.42 Å². The first kappa shape index (κ1) is 31.1. The van der Waals surface area contributed by atoms with Crippen molar-refractivity contribution >= 4 is 27.5 Å². The quantitative estimate of drug-likeness (QED) is 0.379. The summed E-state index contributed by atoms with van der Waals surface area (Å²) >= 11 is 0. The molecular formula is C29H43N3O5S. The summed E-state index contributed by atoms with van der Waals surface area (Å²) in [5.41, 5.74) is 3.38. The van der Waals surface area contributed by atoms with E-state index in [-0.39, 0.29) is 37.2 Å². The van der Waals surface area contributed by atoms with E-state index in [0.717, 1.165) is 16.7 Å². The maximum Gasteiger partial charge on any atom is 0.242 e. The molecule has 0 bridgehead atoms. The van der Waals surface area contributed by atoms with Crippen molar-refractivity contribution in [2.75, 3.05) is 30.8 Å². The Morgan fingerprint density at radius 2 is 1.71 bits per heavy atom. The molecule has 2 rings (SSSR count). The van der Waals surface area contributed by atoms with Gasteiger partial charge in [0.1, 0.15) is 11.8 Å². The van der Waals surface area contributed by atoms with Gasteiger partial charge in [-0.1, -0.05) is 45.0 Å². The summed E-state index contributed by atoms with van der Waals surface area (Å²) in [5, 5.41) is 2.96. The van der Waals surface area contributed by atoms with Gasteiger partial charge in [-0.05, 0) is 67.5 Å². The zero-order chi connectivity index (χ0) is 28.5. The molecular weight excluding hydrogens is 502 g/mol. The van der Waals surface area contributed by atoms with Gasteiger partial charge in [0.15, 0.2) is 0 Å². The number of nitrogens with one attached hydrogen (secondary N) is 1. The summed E-state index contributed by atoms with van der Waals surface area (Å²) in [6, 6.07) is 12.3. The highest BCUT2D eigenvalue weighted by atomic mass is 32.2. The van der Waals surface area contributed by atoms with Crippen LogP contribution in [0.3, 0.4) is 0 Å². The Morgan fingerprint density at radius 3 is 2.26 bits per heavy atom. The lowest BCUT2D eigenvalue weighted by molar-refractivity contribution is -0.141. The molecule has 0 aliphatic rings. The van der Waals surface area contributed by atoms with E-state index in [1.54, 1.807) is 18.1 Å². The van der Waals surface area contributed by atoms with Crippen LogP contribution in [0.1, 0.15) is 56.7 Å². The Bertz CT molecular complexity index is 1180. The van der Waals surface area contributed by atoms with Crippen LogP contribution in [-0.2, 0) is 26.2 Å². The number of benzene rings is 2. The van der Waals surface area contributed by atoms with Crippen LogP contribution in [0.25, 0.3) is 0 Å². The van der Waals surface area contributed by atoms with Crippen molar-refractivity contribution in [3.63, 3.8) is 0 Å². The Hall–Kier alpha value is -3.07. The molecule has 38 heavy (non-hydrogen) atoms. The number of anilines is 1. The molecule has 0 heterocycles. The third-order valence-electron chi connectivity index (χ3n) is 6.58. The topological polar surface area (TPSA) is 96.0 Å². The summed E-state index contributed by atoms with van der Waals surface area (Å²) in [6.07, 6.45) is 2.08. The van der Waals surface area contributed by atoms with Crippen molar-refractivity contribution in [2.24, 2.45) is 5.92 Å². The molecule has 2 aromatic carbocycles. The molecule has 0 fully saturated rings. The van der Waals surface area contributed by atoms with Crippen molar-refractivity contribution in [1.82, 2.24) is 10.2 Å². The number of sulfonamides is 1. The molecule has 1 N–H and O–H groups in total. The lowest BCUT2D eigenvalue weighted by Gasteiger charge is -2.31. The second-order valence-corrected chi connectivity index (χ2v) is 12.0. The molecule has 0 aliphatic heterocycles. The number of hydrogen-bond acceptors (Lipinski definition) is 5. The van der Waals surface area contributed by atoms with Crippen LogP contribution >= 0.6 is 0 Å². The Morgan fingerprint density at radius 1 is 1.05 bits per heavy atom. The number of amides is 2. The molecule has 0 radical (unpaired) electrons. The fraction of sp³-hybridized carbons (Fsp3) is 0.517. The predicted molar refractivity (Wildman–Crippen MR) is 153 cm³/mol. The van der Waals surface area contributed by atoms with E-state index >= 15 is 0 Å². The zero-order valence-corrected chi connectivity index (χ0v) is 24.6. The van der Waals surface area contributed by atoms with Crippen LogP contribution < -0.4 is 14.4 Å². The summed E-state index contributed by atoms with van der Waals surface area (Å²) in [4.78, 5) is 28.2. The molecule has 210 valence electrons. The van der Waals surface area contributed by atoms with E-state index in [0.29, 0.717) is 30.8 Å². The van der Waals surface area contributed by atoms with Gasteiger partial charge in [-0.15, -0.1) is 0 Å². The minimum atomic E-state index is -3.55. The number of carbonyl (C=O) groups excluding carboxylic acids is 2. The smallest absolute Gasteiger partial charge is 0.242 e. The lowest BCUT2D eigenvalue weighted by atomic mass is 10.1. The first-order chi connectivity index (χ1) is 17.9. The number of methoxy groups -OCH3 is 1. The Labute approximate surface area is 228 Å². The van der Waals surface area contributed by atoms with Crippen LogP contribution in [0, 0.1) is 19.8 Å². The normalized spacial score (nSPS) is 12.2. The van der Waals surface area contributed by atoms with E-state index < -0.39 is 16.1 Å². The molecule has 0 saturated heterocycles. The SMILES string of the molecule is CC[C@@H](C(=O)NCC(C)C)N(Cc1ccc(OC)cc1)C(=O)CCCN(c1cccc(C)c1C)S(C)(=O)=O. The van der Waals surface area contributed by atoms with Crippen molar-refractivity contribution in [1.29, 1.82) is 0 Å². The fourth-order valence-corrected chi connectivity index (χ4v) is 5.27. The first-order valence-corrected chi connectivity index (χ1v) is 15.0. The summed E-state index contributed by atoms with van der Waals surface area (Å²) in [5.74, 6) is 0.618. The van der Waals surface area contributed by atoms with Crippen LogP contribution in [0.5, 0.6) is 5.75 Å². The fourth-order valence-electron chi connectivity index (χ4n) is 4.26. The number of hydrogen-bond donors (Lipinski definition) is 1. The van der Waals surface area contributed by atoms with Gasteiger partial charge in [-0.2, -0.15) is 0 Å². The van der Waals surface area contributed by atoms with Crippen molar-refractivity contribution in [3.05, 3.63) is 59.2 Å². The number of aryl methyl sites for hydroxylation is 1. The number of carbonyl (C=O) groups is 2. The van der Waals surface area contributed by atoms with E-state index in [1.165, 1.54) is 10.6 Å². The average molecular weight is 546 g/mol. The summed E-state index contributed by atoms with van der Waals surface area (Å²) < 4.78 is 31.9. The van der Waals surface area contributed by atoms with E-state index in [1.807, 2.05) is 71.0 Å². The molecule has 9 heteroatoms. The van der Waals surface area contributed by atoms with E-state index in [9.17, 15) is 18.0 Å². The van der Waals surface area contributed by atoms with Gasteiger partial charge in [-0.3, -0.25) is 13.9 Å². The highest BCUT2D eigenvalue weighted by molar-refractivity contribution is 7.92. The maximum absolute atomic E-state index is 13.6. The Kier molecular flexibility index (Phi) is 11.6. The molecule has 1 atom stereocenters. The average Bonchev–Trinajstić information content (AvgIpc) is 2.86.